The van der Waals surface area contributed by atoms with Gasteiger partial charge in [0.05, 0.1) is 18.2 Å². The highest BCUT2D eigenvalue weighted by molar-refractivity contribution is 5.70. The highest BCUT2D eigenvalue weighted by Gasteiger charge is 2.37. The van der Waals surface area contributed by atoms with Gasteiger partial charge in [0.1, 0.15) is 5.76 Å². The largest absolute Gasteiger partial charge is 0.481 e. The first-order valence-electron chi connectivity index (χ1n) is 5.60. The van der Waals surface area contributed by atoms with Gasteiger partial charge in [-0.2, -0.15) is 0 Å². The summed E-state index contributed by atoms with van der Waals surface area (Å²) in [5.41, 5.74) is 0. The van der Waals surface area contributed by atoms with E-state index < -0.39 is 5.97 Å². The average molecular weight is 223 g/mol. The van der Waals surface area contributed by atoms with Crippen molar-refractivity contribution < 1.29 is 14.3 Å². The quantitative estimate of drug-likeness (QED) is 0.848. The Morgan fingerprint density at radius 3 is 2.75 bits per heavy atom. The van der Waals surface area contributed by atoms with Crippen molar-refractivity contribution in [2.24, 2.45) is 11.8 Å². The number of hydrogen-bond acceptors (Lipinski definition) is 3. The summed E-state index contributed by atoms with van der Waals surface area (Å²) >= 11 is 0. The van der Waals surface area contributed by atoms with Gasteiger partial charge in [-0.15, -0.1) is 0 Å². The molecule has 0 radical (unpaired) electrons. The molecule has 1 aromatic heterocycles. The van der Waals surface area contributed by atoms with Crippen molar-refractivity contribution in [3.05, 3.63) is 24.2 Å². The van der Waals surface area contributed by atoms with E-state index in [1.165, 1.54) is 0 Å². The molecule has 88 valence electrons. The number of carboxylic acids is 1. The molecule has 2 rings (SSSR count). The minimum Gasteiger partial charge on any atom is -0.481 e. The van der Waals surface area contributed by atoms with E-state index in [1.54, 1.807) is 13.2 Å². The van der Waals surface area contributed by atoms with Crippen LogP contribution in [-0.4, -0.2) is 29.1 Å². The minimum absolute atomic E-state index is 0.243. The second kappa shape index (κ2) is 4.29. The first-order chi connectivity index (χ1) is 7.59. The molecular formula is C12H17NO3. The van der Waals surface area contributed by atoms with Gasteiger partial charge in [0.2, 0.25) is 0 Å². The van der Waals surface area contributed by atoms with E-state index in [4.69, 9.17) is 9.52 Å². The molecule has 0 aromatic carbocycles. The average Bonchev–Trinajstić information content (AvgIpc) is 2.67. The van der Waals surface area contributed by atoms with E-state index in [0.717, 1.165) is 18.8 Å². The third kappa shape index (κ3) is 1.97. The summed E-state index contributed by atoms with van der Waals surface area (Å²) in [5, 5.41) is 8.89. The van der Waals surface area contributed by atoms with Crippen molar-refractivity contribution in [3.8, 4) is 0 Å². The summed E-state index contributed by atoms with van der Waals surface area (Å²) in [7, 11) is 0. The summed E-state index contributed by atoms with van der Waals surface area (Å²) < 4.78 is 5.34. The van der Waals surface area contributed by atoms with Crippen LogP contribution in [0.4, 0.5) is 0 Å². The molecule has 1 aliphatic rings. The van der Waals surface area contributed by atoms with Crippen molar-refractivity contribution in [2.75, 3.05) is 13.1 Å². The van der Waals surface area contributed by atoms with Crippen molar-refractivity contribution in [1.82, 2.24) is 4.90 Å². The third-order valence-electron chi connectivity index (χ3n) is 3.54. The van der Waals surface area contributed by atoms with Gasteiger partial charge in [-0.3, -0.25) is 9.69 Å². The molecule has 1 aliphatic heterocycles. The van der Waals surface area contributed by atoms with Gasteiger partial charge in [-0.1, -0.05) is 6.92 Å². The van der Waals surface area contributed by atoms with Crippen molar-refractivity contribution in [3.63, 3.8) is 0 Å². The number of carbonyl (C=O) groups is 1. The lowest BCUT2D eigenvalue weighted by Crippen LogP contribution is -2.51. The van der Waals surface area contributed by atoms with E-state index in [9.17, 15) is 4.79 Å². The zero-order valence-electron chi connectivity index (χ0n) is 9.59. The van der Waals surface area contributed by atoms with Crippen LogP contribution >= 0.6 is 0 Å². The fourth-order valence-corrected chi connectivity index (χ4v) is 2.09. The van der Waals surface area contributed by atoms with Crippen LogP contribution in [0.15, 0.2) is 22.8 Å². The number of nitrogens with zero attached hydrogens (tertiary/aromatic N) is 1. The van der Waals surface area contributed by atoms with Crippen LogP contribution in [-0.2, 0) is 4.79 Å². The van der Waals surface area contributed by atoms with Crippen molar-refractivity contribution in [1.29, 1.82) is 0 Å². The Kier molecular flexibility index (Phi) is 3.01. The fraction of sp³-hybridized carbons (Fsp3) is 0.583. The number of carboxylic acid groups (broad SMARTS) is 1. The summed E-state index contributed by atoms with van der Waals surface area (Å²) in [6.07, 6.45) is 1.67. The molecule has 1 aromatic rings. The molecule has 4 nitrogen and oxygen atoms in total. The Morgan fingerprint density at radius 2 is 2.25 bits per heavy atom. The van der Waals surface area contributed by atoms with E-state index in [-0.39, 0.29) is 17.9 Å². The third-order valence-corrected chi connectivity index (χ3v) is 3.54. The van der Waals surface area contributed by atoms with Gasteiger partial charge in [0.25, 0.3) is 0 Å². The van der Waals surface area contributed by atoms with Crippen LogP contribution in [0.2, 0.25) is 0 Å². The molecule has 4 heteroatoms. The van der Waals surface area contributed by atoms with Gasteiger partial charge in [-0.25, -0.2) is 0 Å². The number of hydrogen-bond donors (Lipinski definition) is 1. The molecule has 0 aliphatic carbocycles. The molecule has 1 N–H and O–H groups in total. The molecule has 2 atom stereocenters. The summed E-state index contributed by atoms with van der Waals surface area (Å²) in [6, 6.07) is 4.08. The Labute approximate surface area is 94.9 Å². The molecule has 2 unspecified atom stereocenters. The zero-order valence-corrected chi connectivity index (χ0v) is 9.59. The Bertz CT molecular complexity index is 354. The molecule has 2 heterocycles. The van der Waals surface area contributed by atoms with Gasteiger partial charge in [-0.05, 0) is 25.0 Å². The first-order valence-corrected chi connectivity index (χ1v) is 5.60. The Hall–Kier alpha value is -1.29. The maximum absolute atomic E-state index is 10.8. The van der Waals surface area contributed by atoms with E-state index in [1.807, 2.05) is 12.1 Å². The van der Waals surface area contributed by atoms with Crippen LogP contribution in [0.1, 0.15) is 25.6 Å². The monoisotopic (exact) mass is 223 g/mol. The molecule has 0 bridgehead atoms. The van der Waals surface area contributed by atoms with Crippen molar-refractivity contribution in [2.45, 2.75) is 19.9 Å². The van der Waals surface area contributed by atoms with Crippen LogP contribution < -0.4 is 0 Å². The first kappa shape index (κ1) is 11.2. The lowest BCUT2D eigenvalue weighted by Gasteiger charge is -2.44. The van der Waals surface area contributed by atoms with E-state index in [0.29, 0.717) is 0 Å². The predicted molar refractivity (Wildman–Crippen MR) is 59.0 cm³/mol. The molecule has 1 saturated heterocycles. The summed E-state index contributed by atoms with van der Waals surface area (Å²) in [5.74, 6) is 0.270. The SMILES string of the molecule is CC(C(=O)O)C1CN(C(C)c2ccco2)C1. The molecule has 16 heavy (non-hydrogen) atoms. The van der Waals surface area contributed by atoms with Gasteiger partial charge in [0.15, 0.2) is 0 Å². The topological polar surface area (TPSA) is 53.7 Å². The van der Waals surface area contributed by atoms with E-state index in [2.05, 4.69) is 11.8 Å². The number of likely N-dealkylation sites (tertiary alicyclic amines) is 1. The molecular weight excluding hydrogens is 206 g/mol. The lowest BCUT2D eigenvalue weighted by molar-refractivity contribution is -0.146. The highest BCUT2D eigenvalue weighted by atomic mass is 16.4. The summed E-state index contributed by atoms with van der Waals surface area (Å²) in [6.45, 7) is 5.55. The molecule has 1 fully saturated rings. The predicted octanol–water partition coefficient (Wildman–Crippen LogP) is 1.99. The molecule has 0 saturated carbocycles. The minimum atomic E-state index is -0.699. The Balaban J connectivity index is 1.87. The fourth-order valence-electron chi connectivity index (χ4n) is 2.09. The van der Waals surface area contributed by atoms with Gasteiger partial charge in [0, 0.05) is 13.1 Å². The maximum Gasteiger partial charge on any atom is 0.306 e. The molecule has 0 amide bonds. The highest BCUT2D eigenvalue weighted by Crippen LogP contribution is 2.32. The van der Waals surface area contributed by atoms with Gasteiger partial charge >= 0.3 is 5.97 Å². The number of aliphatic carboxylic acids is 1. The second-order valence-electron chi connectivity index (χ2n) is 4.53. The van der Waals surface area contributed by atoms with Crippen LogP contribution in [0.25, 0.3) is 0 Å². The summed E-state index contributed by atoms with van der Waals surface area (Å²) in [4.78, 5) is 13.0. The zero-order chi connectivity index (χ0) is 11.7. The molecule has 0 spiro atoms. The van der Waals surface area contributed by atoms with Crippen LogP contribution in [0.5, 0.6) is 0 Å². The van der Waals surface area contributed by atoms with Crippen LogP contribution in [0.3, 0.4) is 0 Å². The normalized spacial score (nSPS) is 21.4. The second-order valence-corrected chi connectivity index (χ2v) is 4.53. The maximum atomic E-state index is 10.8. The van der Waals surface area contributed by atoms with E-state index >= 15 is 0 Å². The number of rotatable bonds is 4. The Morgan fingerprint density at radius 1 is 1.56 bits per heavy atom. The standard InChI is InChI=1S/C12H17NO3/c1-8(12(14)15)10-6-13(7-10)9(2)11-4-3-5-16-11/h3-5,8-10H,6-7H2,1-2H3,(H,14,15). The number of furan rings is 1. The van der Waals surface area contributed by atoms with Crippen LogP contribution in [0, 0.1) is 11.8 Å². The lowest BCUT2D eigenvalue weighted by atomic mass is 9.86. The van der Waals surface area contributed by atoms with Gasteiger partial charge < -0.3 is 9.52 Å². The van der Waals surface area contributed by atoms with Crippen molar-refractivity contribution >= 4 is 5.97 Å². The smallest absolute Gasteiger partial charge is 0.306 e.